The summed E-state index contributed by atoms with van der Waals surface area (Å²) in [7, 11) is 0. The van der Waals surface area contributed by atoms with Gasteiger partial charge in [-0.1, -0.05) is 46.3 Å². The molecule has 94 valence electrons. The zero-order chi connectivity index (χ0) is 13.0. The van der Waals surface area contributed by atoms with Gasteiger partial charge in [0, 0.05) is 10.5 Å². The molecule has 0 aliphatic heterocycles. The van der Waals surface area contributed by atoms with Crippen molar-refractivity contribution in [3.63, 3.8) is 0 Å². The van der Waals surface area contributed by atoms with Crippen molar-refractivity contribution in [2.24, 2.45) is 5.73 Å². The van der Waals surface area contributed by atoms with Gasteiger partial charge in [0.25, 0.3) is 0 Å². The molecular weight excluding hydrogens is 290 g/mol. The van der Waals surface area contributed by atoms with Crippen LogP contribution in [0.1, 0.15) is 18.6 Å². The molecule has 0 aliphatic rings. The Morgan fingerprint density at radius 2 is 1.61 bits per heavy atom. The number of halogens is 1. The molecule has 0 amide bonds. The van der Waals surface area contributed by atoms with E-state index in [9.17, 15) is 0 Å². The Labute approximate surface area is 116 Å². The molecule has 2 unspecified atom stereocenters. The van der Waals surface area contributed by atoms with Crippen LogP contribution in [0.25, 0.3) is 0 Å². The molecule has 0 bridgehead atoms. The van der Waals surface area contributed by atoms with Gasteiger partial charge >= 0.3 is 0 Å². The van der Waals surface area contributed by atoms with Crippen LogP contribution in [0.4, 0.5) is 0 Å². The van der Waals surface area contributed by atoms with Crippen molar-refractivity contribution in [1.82, 2.24) is 0 Å². The Morgan fingerprint density at radius 1 is 1.00 bits per heavy atom. The minimum Gasteiger partial charge on any atom is -0.484 e. The molecule has 0 aliphatic carbocycles. The zero-order valence-electron chi connectivity index (χ0n) is 10.2. The lowest BCUT2D eigenvalue weighted by Crippen LogP contribution is -2.29. The minimum atomic E-state index is -0.132. The van der Waals surface area contributed by atoms with E-state index >= 15 is 0 Å². The average Bonchev–Trinajstić information content (AvgIpc) is 2.38. The first-order valence-electron chi connectivity index (χ1n) is 5.89. The van der Waals surface area contributed by atoms with Crippen LogP contribution >= 0.6 is 15.9 Å². The highest BCUT2D eigenvalue weighted by atomic mass is 79.9. The van der Waals surface area contributed by atoms with E-state index in [-0.39, 0.29) is 12.1 Å². The molecule has 2 rings (SSSR count). The second kappa shape index (κ2) is 6.03. The van der Waals surface area contributed by atoms with Gasteiger partial charge in [-0.25, -0.2) is 0 Å². The molecule has 0 saturated heterocycles. The van der Waals surface area contributed by atoms with Crippen molar-refractivity contribution in [2.45, 2.75) is 19.1 Å². The number of benzene rings is 2. The molecule has 0 radical (unpaired) electrons. The summed E-state index contributed by atoms with van der Waals surface area (Å²) >= 11 is 3.41. The molecule has 0 aromatic heterocycles. The van der Waals surface area contributed by atoms with Crippen LogP contribution in [0.2, 0.25) is 0 Å². The van der Waals surface area contributed by atoms with Crippen LogP contribution in [0, 0.1) is 0 Å². The Balaban J connectivity index is 2.19. The van der Waals surface area contributed by atoms with E-state index in [1.165, 1.54) is 0 Å². The number of nitrogens with two attached hydrogens (primary N) is 1. The second-order valence-electron chi connectivity index (χ2n) is 4.26. The van der Waals surface area contributed by atoms with Gasteiger partial charge < -0.3 is 10.5 Å². The van der Waals surface area contributed by atoms with Gasteiger partial charge in [-0.15, -0.1) is 0 Å². The second-order valence-corrected chi connectivity index (χ2v) is 5.18. The lowest BCUT2D eigenvalue weighted by molar-refractivity contribution is 0.180. The highest BCUT2D eigenvalue weighted by Crippen LogP contribution is 2.25. The molecule has 2 N–H and O–H groups in total. The summed E-state index contributed by atoms with van der Waals surface area (Å²) in [6.07, 6.45) is -0.132. The summed E-state index contributed by atoms with van der Waals surface area (Å²) in [5.74, 6) is 0.823. The summed E-state index contributed by atoms with van der Waals surface area (Å²) in [5, 5.41) is 0. The highest BCUT2D eigenvalue weighted by molar-refractivity contribution is 9.10. The van der Waals surface area contributed by atoms with E-state index in [0.29, 0.717) is 0 Å². The van der Waals surface area contributed by atoms with Crippen molar-refractivity contribution in [3.05, 3.63) is 64.6 Å². The fourth-order valence-electron chi connectivity index (χ4n) is 1.78. The van der Waals surface area contributed by atoms with Crippen molar-refractivity contribution in [2.75, 3.05) is 0 Å². The smallest absolute Gasteiger partial charge is 0.138 e. The number of hydrogen-bond acceptors (Lipinski definition) is 2. The first kappa shape index (κ1) is 13.1. The van der Waals surface area contributed by atoms with E-state index in [2.05, 4.69) is 15.9 Å². The molecule has 0 spiro atoms. The summed E-state index contributed by atoms with van der Waals surface area (Å²) in [6.45, 7) is 1.95. The highest BCUT2D eigenvalue weighted by Gasteiger charge is 2.17. The van der Waals surface area contributed by atoms with E-state index in [0.717, 1.165) is 15.8 Å². The Hall–Kier alpha value is -1.32. The molecule has 0 fully saturated rings. The molecule has 0 heterocycles. The summed E-state index contributed by atoms with van der Waals surface area (Å²) < 4.78 is 7.01. The van der Waals surface area contributed by atoms with E-state index in [4.69, 9.17) is 10.5 Å². The van der Waals surface area contributed by atoms with Crippen LogP contribution in [-0.2, 0) is 0 Å². The van der Waals surface area contributed by atoms with Gasteiger partial charge in [-0.3, -0.25) is 0 Å². The molecule has 0 saturated carbocycles. The van der Waals surface area contributed by atoms with Crippen LogP contribution in [0.5, 0.6) is 5.75 Å². The van der Waals surface area contributed by atoms with Gasteiger partial charge in [-0.2, -0.15) is 0 Å². The number of ether oxygens (including phenoxy) is 1. The number of hydrogen-bond donors (Lipinski definition) is 1. The monoisotopic (exact) mass is 305 g/mol. The predicted octanol–water partition coefficient (Wildman–Crippen LogP) is 3.92. The Bertz CT molecular complexity index is 482. The maximum Gasteiger partial charge on any atom is 0.138 e. The van der Waals surface area contributed by atoms with Crippen LogP contribution in [0.3, 0.4) is 0 Å². The molecule has 3 heteroatoms. The van der Waals surface area contributed by atoms with Gasteiger partial charge in [-0.05, 0) is 36.8 Å². The fourth-order valence-corrected chi connectivity index (χ4v) is 2.05. The standard InChI is InChI=1S/C15H16BrNO/c1-11(17)15(12-5-3-2-4-6-12)18-14-9-7-13(16)8-10-14/h2-11,15H,17H2,1H3. The van der Waals surface area contributed by atoms with Gasteiger partial charge in [0.2, 0.25) is 0 Å². The molecule has 2 aromatic carbocycles. The lowest BCUT2D eigenvalue weighted by Gasteiger charge is -2.23. The minimum absolute atomic E-state index is 0.0731. The molecule has 2 aromatic rings. The van der Waals surface area contributed by atoms with Crippen LogP contribution < -0.4 is 10.5 Å². The first-order valence-corrected chi connectivity index (χ1v) is 6.69. The molecular formula is C15H16BrNO. The van der Waals surface area contributed by atoms with Crippen molar-refractivity contribution in [1.29, 1.82) is 0 Å². The third-order valence-corrected chi connectivity index (χ3v) is 3.21. The SMILES string of the molecule is CC(N)C(Oc1ccc(Br)cc1)c1ccccc1. The summed E-state index contributed by atoms with van der Waals surface area (Å²) in [5.41, 5.74) is 7.11. The van der Waals surface area contributed by atoms with E-state index in [1.54, 1.807) is 0 Å². The van der Waals surface area contributed by atoms with Crippen LogP contribution in [0.15, 0.2) is 59.1 Å². The summed E-state index contributed by atoms with van der Waals surface area (Å²) in [4.78, 5) is 0. The van der Waals surface area contributed by atoms with Gasteiger partial charge in [0.05, 0.1) is 0 Å². The molecule has 18 heavy (non-hydrogen) atoms. The maximum atomic E-state index is 6.01. The Morgan fingerprint density at radius 3 is 2.17 bits per heavy atom. The van der Waals surface area contributed by atoms with Crippen molar-refractivity contribution < 1.29 is 4.74 Å². The zero-order valence-corrected chi connectivity index (χ0v) is 11.8. The van der Waals surface area contributed by atoms with Crippen molar-refractivity contribution in [3.8, 4) is 5.75 Å². The summed E-state index contributed by atoms with van der Waals surface area (Å²) in [6, 6.07) is 17.8. The largest absolute Gasteiger partial charge is 0.484 e. The van der Waals surface area contributed by atoms with E-state index < -0.39 is 0 Å². The first-order chi connectivity index (χ1) is 8.66. The third kappa shape index (κ3) is 3.34. The van der Waals surface area contributed by atoms with Gasteiger partial charge in [0.15, 0.2) is 0 Å². The molecule has 2 nitrogen and oxygen atoms in total. The average molecular weight is 306 g/mol. The topological polar surface area (TPSA) is 35.2 Å². The predicted molar refractivity (Wildman–Crippen MR) is 77.6 cm³/mol. The van der Waals surface area contributed by atoms with Crippen molar-refractivity contribution >= 4 is 15.9 Å². The lowest BCUT2D eigenvalue weighted by atomic mass is 10.0. The Kier molecular flexibility index (Phi) is 4.39. The van der Waals surface area contributed by atoms with Gasteiger partial charge in [0.1, 0.15) is 11.9 Å². The van der Waals surface area contributed by atoms with Crippen LogP contribution in [-0.4, -0.2) is 6.04 Å². The third-order valence-electron chi connectivity index (χ3n) is 2.68. The normalized spacial score (nSPS) is 13.9. The fraction of sp³-hybridized carbons (Fsp3) is 0.200. The van der Waals surface area contributed by atoms with E-state index in [1.807, 2.05) is 61.5 Å². The number of rotatable bonds is 4. The maximum absolute atomic E-state index is 6.01. The molecule has 2 atom stereocenters. The quantitative estimate of drug-likeness (QED) is 0.929.